The van der Waals surface area contributed by atoms with Gasteiger partial charge < -0.3 is 20.5 Å². The number of ether oxygens (including phenoxy) is 1. The Morgan fingerprint density at radius 2 is 2.10 bits per heavy atom. The number of aliphatic hydroxyl groups is 1. The molecule has 1 fully saturated rings. The SMILES string of the molecule is N[C@@H](CO)C(=O)N1CCC[C@H]1C(=O)OCc1ccccc1. The molecule has 0 saturated carbocycles. The number of nitrogens with zero attached hydrogens (tertiary/aromatic N) is 1. The molecule has 0 spiro atoms. The van der Waals surface area contributed by atoms with E-state index in [9.17, 15) is 9.59 Å². The fourth-order valence-corrected chi connectivity index (χ4v) is 2.39. The second kappa shape index (κ2) is 7.19. The molecular formula is C15H20N2O4. The van der Waals surface area contributed by atoms with Gasteiger partial charge in [-0.25, -0.2) is 4.79 Å². The molecule has 1 aliphatic rings. The Kier molecular flexibility index (Phi) is 5.30. The molecule has 21 heavy (non-hydrogen) atoms. The van der Waals surface area contributed by atoms with Gasteiger partial charge in [-0.15, -0.1) is 0 Å². The van der Waals surface area contributed by atoms with Gasteiger partial charge in [0.1, 0.15) is 18.7 Å². The summed E-state index contributed by atoms with van der Waals surface area (Å²) in [7, 11) is 0. The summed E-state index contributed by atoms with van der Waals surface area (Å²) in [6, 6.07) is 7.79. The molecular weight excluding hydrogens is 272 g/mol. The highest BCUT2D eigenvalue weighted by Gasteiger charge is 2.36. The normalized spacial score (nSPS) is 19.3. The summed E-state index contributed by atoms with van der Waals surface area (Å²) in [6.45, 7) is 0.225. The number of nitrogens with two attached hydrogens (primary N) is 1. The summed E-state index contributed by atoms with van der Waals surface area (Å²) < 4.78 is 5.27. The minimum atomic E-state index is -0.979. The van der Waals surface area contributed by atoms with E-state index in [2.05, 4.69) is 0 Å². The molecule has 1 heterocycles. The largest absolute Gasteiger partial charge is 0.459 e. The molecule has 1 aliphatic heterocycles. The summed E-state index contributed by atoms with van der Waals surface area (Å²) in [4.78, 5) is 25.5. The second-order valence-corrected chi connectivity index (χ2v) is 5.07. The fraction of sp³-hybridized carbons (Fsp3) is 0.467. The summed E-state index contributed by atoms with van der Waals surface area (Å²) >= 11 is 0. The molecule has 1 aromatic rings. The van der Waals surface area contributed by atoms with Gasteiger partial charge in [-0.1, -0.05) is 30.3 Å². The van der Waals surface area contributed by atoms with Gasteiger partial charge >= 0.3 is 5.97 Å². The van der Waals surface area contributed by atoms with Crippen LogP contribution in [0.5, 0.6) is 0 Å². The van der Waals surface area contributed by atoms with Gasteiger partial charge in [-0.2, -0.15) is 0 Å². The third-order valence-electron chi connectivity index (χ3n) is 3.55. The van der Waals surface area contributed by atoms with Crippen LogP contribution in [0.4, 0.5) is 0 Å². The number of aliphatic hydroxyl groups excluding tert-OH is 1. The van der Waals surface area contributed by atoms with E-state index in [4.69, 9.17) is 15.6 Å². The fourth-order valence-electron chi connectivity index (χ4n) is 2.39. The topological polar surface area (TPSA) is 92.9 Å². The monoisotopic (exact) mass is 292 g/mol. The Labute approximate surface area is 123 Å². The predicted octanol–water partition coefficient (Wildman–Crippen LogP) is 0.0404. The second-order valence-electron chi connectivity index (χ2n) is 5.07. The van der Waals surface area contributed by atoms with Crippen molar-refractivity contribution < 1.29 is 19.4 Å². The van der Waals surface area contributed by atoms with Crippen molar-refractivity contribution in [1.29, 1.82) is 0 Å². The van der Waals surface area contributed by atoms with Gasteiger partial charge in [0.15, 0.2) is 0 Å². The van der Waals surface area contributed by atoms with Crippen LogP contribution in [0, 0.1) is 0 Å². The first-order valence-corrected chi connectivity index (χ1v) is 7.01. The zero-order chi connectivity index (χ0) is 15.2. The summed E-state index contributed by atoms with van der Waals surface area (Å²) in [6.07, 6.45) is 1.30. The van der Waals surface area contributed by atoms with E-state index >= 15 is 0 Å². The number of carbonyl (C=O) groups excluding carboxylic acids is 2. The summed E-state index contributed by atoms with van der Waals surface area (Å²) in [5.41, 5.74) is 6.43. The first-order valence-electron chi connectivity index (χ1n) is 7.01. The molecule has 0 aliphatic carbocycles. The molecule has 1 aromatic carbocycles. The van der Waals surface area contributed by atoms with Crippen molar-refractivity contribution >= 4 is 11.9 Å². The van der Waals surface area contributed by atoms with Gasteiger partial charge in [0.2, 0.25) is 5.91 Å². The summed E-state index contributed by atoms with van der Waals surface area (Å²) in [5.74, 6) is -0.827. The van der Waals surface area contributed by atoms with Crippen LogP contribution in [0.3, 0.4) is 0 Å². The van der Waals surface area contributed by atoms with Crippen molar-refractivity contribution in [2.75, 3.05) is 13.2 Å². The first kappa shape index (κ1) is 15.5. The quantitative estimate of drug-likeness (QED) is 0.748. The third-order valence-corrected chi connectivity index (χ3v) is 3.55. The zero-order valence-corrected chi connectivity index (χ0v) is 11.8. The van der Waals surface area contributed by atoms with Crippen molar-refractivity contribution in [3.05, 3.63) is 35.9 Å². The van der Waals surface area contributed by atoms with E-state index in [0.29, 0.717) is 13.0 Å². The molecule has 0 radical (unpaired) electrons. The lowest BCUT2D eigenvalue weighted by Gasteiger charge is -2.25. The lowest BCUT2D eigenvalue weighted by molar-refractivity contribution is -0.155. The van der Waals surface area contributed by atoms with Crippen molar-refractivity contribution in [2.45, 2.75) is 31.5 Å². The van der Waals surface area contributed by atoms with Gasteiger partial charge in [-0.05, 0) is 18.4 Å². The number of hydrogen-bond donors (Lipinski definition) is 2. The average Bonchev–Trinajstić information content (AvgIpc) is 3.01. The number of carbonyl (C=O) groups is 2. The first-order chi connectivity index (χ1) is 10.1. The van der Waals surface area contributed by atoms with E-state index in [-0.39, 0.29) is 6.61 Å². The van der Waals surface area contributed by atoms with Crippen molar-refractivity contribution in [3.63, 3.8) is 0 Å². The van der Waals surface area contributed by atoms with Crippen LogP contribution < -0.4 is 5.73 Å². The lowest BCUT2D eigenvalue weighted by Crippen LogP contribution is -2.50. The molecule has 2 atom stereocenters. The van der Waals surface area contributed by atoms with Crippen LogP contribution in [0.1, 0.15) is 18.4 Å². The lowest BCUT2D eigenvalue weighted by atomic mass is 10.2. The molecule has 0 aromatic heterocycles. The highest BCUT2D eigenvalue weighted by Crippen LogP contribution is 2.20. The van der Waals surface area contributed by atoms with Gasteiger partial charge in [0, 0.05) is 6.54 Å². The van der Waals surface area contributed by atoms with Crippen molar-refractivity contribution in [2.24, 2.45) is 5.73 Å². The standard InChI is InChI=1S/C15H20N2O4/c16-12(9-18)14(19)17-8-4-7-13(17)15(20)21-10-11-5-2-1-3-6-11/h1-3,5-6,12-13,18H,4,7-10,16H2/t12-,13-/m0/s1. The number of rotatable bonds is 5. The number of likely N-dealkylation sites (tertiary alicyclic amines) is 1. The molecule has 0 unspecified atom stereocenters. The maximum Gasteiger partial charge on any atom is 0.329 e. The smallest absolute Gasteiger partial charge is 0.329 e. The average molecular weight is 292 g/mol. The number of esters is 1. The number of benzene rings is 1. The summed E-state index contributed by atoms with van der Waals surface area (Å²) in [5, 5.41) is 8.95. The van der Waals surface area contributed by atoms with Crippen LogP contribution in [0.2, 0.25) is 0 Å². The van der Waals surface area contributed by atoms with Crippen LogP contribution in [0.25, 0.3) is 0 Å². The molecule has 1 amide bonds. The number of amides is 1. The van der Waals surface area contributed by atoms with Gasteiger partial charge in [0.05, 0.1) is 6.61 Å². The number of hydrogen-bond acceptors (Lipinski definition) is 5. The van der Waals surface area contributed by atoms with Gasteiger partial charge in [0.25, 0.3) is 0 Å². The van der Waals surface area contributed by atoms with E-state index in [0.717, 1.165) is 12.0 Å². The molecule has 3 N–H and O–H groups in total. The van der Waals surface area contributed by atoms with E-state index in [1.165, 1.54) is 4.90 Å². The zero-order valence-electron chi connectivity index (χ0n) is 11.8. The highest BCUT2D eigenvalue weighted by molar-refractivity contribution is 5.88. The Bertz CT molecular complexity index is 492. The Morgan fingerprint density at radius 1 is 1.38 bits per heavy atom. The predicted molar refractivity (Wildman–Crippen MR) is 76.0 cm³/mol. The van der Waals surface area contributed by atoms with Crippen LogP contribution >= 0.6 is 0 Å². The minimum absolute atomic E-state index is 0.185. The van der Waals surface area contributed by atoms with Gasteiger partial charge in [-0.3, -0.25) is 4.79 Å². The minimum Gasteiger partial charge on any atom is -0.459 e. The molecule has 6 heteroatoms. The van der Waals surface area contributed by atoms with Crippen LogP contribution in [-0.2, 0) is 20.9 Å². The third kappa shape index (κ3) is 3.80. The van der Waals surface area contributed by atoms with Crippen molar-refractivity contribution in [1.82, 2.24) is 4.90 Å². The molecule has 1 saturated heterocycles. The molecule has 6 nitrogen and oxygen atoms in total. The maximum absolute atomic E-state index is 12.1. The Morgan fingerprint density at radius 3 is 2.76 bits per heavy atom. The van der Waals surface area contributed by atoms with E-state index in [1.54, 1.807) is 0 Å². The van der Waals surface area contributed by atoms with E-state index < -0.39 is 30.6 Å². The van der Waals surface area contributed by atoms with Crippen LogP contribution in [-0.4, -0.2) is 47.1 Å². The van der Waals surface area contributed by atoms with Crippen molar-refractivity contribution in [3.8, 4) is 0 Å². The molecule has 114 valence electrons. The van der Waals surface area contributed by atoms with Crippen LogP contribution in [0.15, 0.2) is 30.3 Å². The molecule has 0 bridgehead atoms. The maximum atomic E-state index is 12.1. The molecule has 2 rings (SSSR count). The van der Waals surface area contributed by atoms with E-state index in [1.807, 2.05) is 30.3 Å². The Balaban J connectivity index is 1.93. The highest BCUT2D eigenvalue weighted by atomic mass is 16.5. The Hall–Kier alpha value is -1.92.